The average Bonchev–Trinajstić information content (AvgIpc) is 3.16. The zero-order chi connectivity index (χ0) is 25.7. The van der Waals surface area contributed by atoms with E-state index in [1.165, 1.54) is 0 Å². The second-order valence-electron chi connectivity index (χ2n) is 9.08. The molecule has 2 aliphatic rings. The number of benzene rings is 1. The van der Waals surface area contributed by atoms with E-state index in [1.807, 2.05) is 43.0 Å². The van der Waals surface area contributed by atoms with Gasteiger partial charge in [0, 0.05) is 67.7 Å². The summed E-state index contributed by atoms with van der Waals surface area (Å²) in [6.07, 6.45) is 7.18. The second kappa shape index (κ2) is 11.3. The molecule has 5 N–H and O–H groups in total. The Morgan fingerprint density at radius 2 is 1.97 bits per heavy atom. The van der Waals surface area contributed by atoms with Crippen LogP contribution < -0.4 is 16.8 Å². The van der Waals surface area contributed by atoms with Crippen LogP contribution in [0.3, 0.4) is 0 Å². The van der Waals surface area contributed by atoms with Gasteiger partial charge in [0.2, 0.25) is 5.91 Å². The number of amidine groups is 1. The number of aliphatic imine (C=N–C) groups is 1. The van der Waals surface area contributed by atoms with Crippen molar-refractivity contribution in [2.45, 2.75) is 45.7 Å². The van der Waals surface area contributed by atoms with Crippen molar-refractivity contribution in [1.82, 2.24) is 25.1 Å². The zero-order valence-corrected chi connectivity index (χ0v) is 20.9. The Morgan fingerprint density at radius 3 is 2.64 bits per heavy atom. The van der Waals surface area contributed by atoms with Crippen molar-refractivity contribution in [2.24, 2.45) is 16.5 Å². The molecule has 4 rings (SSSR count). The number of urea groups is 1. The third kappa shape index (κ3) is 5.71. The molecule has 36 heavy (non-hydrogen) atoms. The molecule has 1 fully saturated rings. The highest BCUT2D eigenvalue weighted by Crippen LogP contribution is 2.31. The van der Waals surface area contributed by atoms with Gasteiger partial charge in [-0.2, -0.15) is 0 Å². The summed E-state index contributed by atoms with van der Waals surface area (Å²) in [5.41, 5.74) is 15.7. The number of aromatic nitrogens is 2. The number of hydrogen-bond donors (Lipinski definition) is 3. The molecule has 3 amide bonds. The van der Waals surface area contributed by atoms with Gasteiger partial charge in [-0.15, -0.1) is 0 Å². The number of rotatable bonds is 9. The minimum atomic E-state index is -0.0469. The highest BCUT2D eigenvalue weighted by atomic mass is 16.2. The summed E-state index contributed by atoms with van der Waals surface area (Å²) >= 11 is 0. The molecule has 190 valence electrons. The fourth-order valence-electron chi connectivity index (χ4n) is 4.51. The highest BCUT2D eigenvalue weighted by molar-refractivity contribution is 6.05. The van der Waals surface area contributed by atoms with Crippen LogP contribution in [0, 0.1) is 0 Å². The molecule has 1 saturated heterocycles. The van der Waals surface area contributed by atoms with Crippen molar-refractivity contribution in [2.75, 3.05) is 26.2 Å². The van der Waals surface area contributed by atoms with Crippen LogP contribution in [0.1, 0.15) is 44.5 Å². The van der Waals surface area contributed by atoms with Gasteiger partial charge < -0.3 is 26.6 Å². The number of nitrogens with one attached hydrogen (secondary N) is 1. The van der Waals surface area contributed by atoms with Crippen LogP contribution in [0.4, 0.5) is 10.5 Å². The van der Waals surface area contributed by atoms with E-state index in [0.717, 1.165) is 23.1 Å². The standard InChI is InChI=1S/C26H34N8O2/c1-3-8-34(9-7-21-16-33(4-2)26(36)31-21)25(35)19-10-18-6-5-17(11-22(18)32-23(28)12-19)20-14-29-24(13-27)30-15-20/h5-6,10-11,14-15,21H,3-4,7-9,12-13,16,27H2,1-2H3,(H2,28,32)(H,31,36). The summed E-state index contributed by atoms with van der Waals surface area (Å²) in [7, 11) is 0. The fraction of sp³-hybridized carbons (Fsp3) is 0.423. The molecule has 1 unspecified atom stereocenters. The normalized spacial score (nSPS) is 17.1. The highest BCUT2D eigenvalue weighted by Gasteiger charge is 2.28. The number of nitrogens with zero attached hydrogens (tertiary/aromatic N) is 5. The third-order valence-electron chi connectivity index (χ3n) is 6.46. The van der Waals surface area contributed by atoms with E-state index in [0.29, 0.717) is 55.5 Å². The largest absolute Gasteiger partial charge is 0.387 e. The lowest BCUT2D eigenvalue weighted by molar-refractivity contribution is -0.127. The summed E-state index contributed by atoms with van der Waals surface area (Å²) in [5.74, 6) is 0.921. The first-order valence-electron chi connectivity index (χ1n) is 12.5. The Morgan fingerprint density at radius 1 is 1.19 bits per heavy atom. The van der Waals surface area contributed by atoms with Crippen LogP contribution in [-0.4, -0.2) is 69.8 Å². The average molecular weight is 491 g/mol. The van der Waals surface area contributed by atoms with Crippen LogP contribution in [-0.2, 0) is 11.3 Å². The quantitative estimate of drug-likeness (QED) is 0.493. The molecule has 1 atom stereocenters. The zero-order valence-electron chi connectivity index (χ0n) is 20.9. The number of carbonyl (C=O) groups excluding carboxylic acids is 2. The molecule has 1 aromatic carbocycles. The van der Waals surface area contributed by atoms with E-state index in [4.69, 9.17) is 11.5 Å². The van der Waals surface area contributed by atoms with Gasteiger partial charge >= 0.3 is 6.03 Å². The van der Waals surface area contributed by atoms with Crippen LogP contribution in [0.2, 0.25) is 0 Å². The first kappa shape index (κ1) is 25.3. The van der Waals surface area contributed by atoms with Crippen molar-refractivity contribution < 1.29 is 9.59 Å². The fourth-order valence-corrected chi connectivity index (χ4v) is 4.51. The van der Waals surface area contributed by atoms with E-state index in [-0.39, 0.29) is 30.9 Å². The lowest BCUT2D eigenvalue weighted by Crippen LogP contribution is -2.38. The third-order valence-corrected chi connectivity index (χ3v) is 6.46. The molecule has 0 spiro atoms. The van der Waals surface area contributed by atoms with Gasteiger partial charge in [-0.3, -0.25) is 4.79 Å². The van der Waals surface area contributed by atoms with E-state index in [9.17, 15) is 9.59 Å². The molecule has 0 radical (unpaired) electrons. The first-order valence-corrected chi connectivity index (χ1v) is 12.5. The number of carbonyl (C=O) groups is 2. The van der Waals surface area contributed by atoms with E-state index >= 15 is 0 Å². The van der Waals surface area contributed by atoms with Gasteiger partial charge in [-0.1, -0.05) is 19.1 Å². The van der Waals surface area contributed by atoms with E-state index in [2.05, 4.69) is 20.3 Å². The Kier molecular flexibility index (Phi) is 7.94. The van der Waals surface area contributed by atoms with Crippen molar-refractivity contribution in [3.05, 3.63) is 47.6 Å². The molecule has 2 aromatic rings. The molecule has 0 saturated carbocycles. The Bertz CT molecular complexity index is 1170. The molecular formula is C26H34N8O2. The number of likely N-dealkylation sites (N-methyl/N-ethyl adjacent to an activating group) is 1. The molecule has 0 aliphatic carbocycles. The molecule has 10 heteroatoms. The van der Waals surface area contributed by atoms with Crippen LogP contribution >= 0.6 is 0 Å². The molecule has 2 aliphatic heterocycles. The molecule has 1 aromatic heterocycles. The van der Waals surface area contributed by atoms with Gasteiger partial charge in [0.05, 0.1) is 12.2 Å². The number of amides is 3. The monoisotopic (exact) mass is 490 g/mol. The van der Waals surface area contributed by atoms with Crippen LogP contribution in [0.15, 0.2) is 41.2 Å². The number of nitrogens with two attached hydrogens (primary N) is 2. The summed E-state index contributed by atoms with van der Waals surface area (Å²) in [6, 6.07) is 5.83. The summed E-state index contributed by atoms with van der Waals surface area (Å²) in [5, 5.41) is 3.01. The van der Waals surface area contributed by atoms with Crippen molar-refractivity contribution >= 4 is 29.5 Å². The van der Waals surface area contributed by atoms with Gasteiger partial charge in [0.25, 0.3) is 0 Å². The molecule has 10 nitrogen and oxygen atoms in total. The first-order chi connectivity index (χ1) is 17.4. The van der Waals surface area contributed by atoms with Crippen molar-refractivity contribution in [3.8, 4) is 11.1 Å². The molecule has 3 heterocycles. The molecular weight excluding hydrogens is 456 g/mol. The van der Waals surface area contributed by atoms with Gasteiger partial charge in [-0.25, -0.2) is 19.8 Å². The minimum absolute atomic E-state index is 0.0378. The predicted molar refractivity (Wildman–Crippen MR) is 140 cm³/mol. The topological polar surface area (TPSA) is 143 Å². The summed E-state index contributed by atoms with van der Waals surface area (Å²) < 4.78 is 0. The lowest BCUT2D eigenvalue weighted by Gasteiger charge is -2.25. The number of hydrogen-bond acceptors (Lipinski definition) is 7. The van der Waals surface area contributed by atoms with Crippen LogP contribution in [0.25, 0.3) is 17.2 Å². The van der Waals surface area contributed by atoms with Crippen molar-refractivity contribution in [1.29, 1.82) is 0 Å². The Balaban J connectivity index is 1.52. The Hall–Kier alpha value is -3.79. The van der Waals surface area contributed by atoms with Crippen LogP contribution in [0.5, 0.6) is 0 Å². The maximum atomic E-state index is 13.6. The molecule has 0 bridgehead atoms. The predicted octanol–water partition coefficient (Wildman–Crippen LogP) is 2.42. The SMILES string of the molecule is CCCN(CCC1CN(CC)C(=O)N1)C(=O)C1=Cc2ccc(-c3cnc(CN)nc3)cc2N=C(N)C1. The van der Waals surface area contributed by atoms with Gasteiger partial charge in [0.1, 0.15) is 11.7 Å². The maximum Gasteiger partial charge on any atom is 0.317 e. The Labute approximate surface area is 211 Å². The summed E-state index contributed by atoms with van der Waals surface area (Å²) in [4.78, 5) is 42.3. The van der Waals surface area contributed by atoms with E-state index in [1.54, 1.807) is 17.3 Å². The maximum absolute atomic E-state index is 13.6. The van der Waals surface area contributed by atoms with Gasteiger partial charge in [-0.05, 0) is 37.5 Å². The van der Waals surface area contributed by atoms with E-state index < -0.39 is 0 Å². The lowest BCUT2D eigenvalue weighted by atomic mass is 10.0. The van der Waals surface area contributed by atoms with Gasteiger partial charge in [0.15, 0.2) is 0 Å². The summed E-state index contributed by atoms with van der Waals surface area (Å²) in [6.45, 7) is 6.85. The smallest absolute Gasteiger partial charge is 0.317 e. The second-order valence-corrected chi connectivity index (χ2v) is 9.08. The van der Waals surface area contributed by atoms with Crippen molar-refractivity contribution in [3.63, 3.8) is 0 Å². The minimum Gasteiger partial charge on any atom is -0.387 e. The number of fused-ring (bicyclic) bond motifs is 1.